The predicted molar refractivity (Wildman–Crippen MR) is 74.8 cm³/mol. The van der Waals surface area contributed by atoms with Crippen molar-refractivity contribution in [2.45, 2.75) is 44.7 Å². The Labute approximate surface area is 115 Å². The van der Waals surface area contributed by atoms with Gasteiger partial charge in [0.2, 0.25) is 5.91 Å². The number of ether oxygens (including phenoxy) is 1. The van der Waals surface area contributed by atoms with E-state index in [9.17, 15) is 4.79 Å². The molecule has 0 bridgehead atoms. The van der Waals surface area contributed by atoms with Crippen LogP contribution in [0.5, 0.6) is 0 Å². The normalized spacial score (nSPS) is 30.2. The number of hydrogen-bond donors (Lipinski definition) is 2. The number of carbonyl (C=O) groups is 1. The van der Waals surface area contributed by atoms with Crippen molar-refractivity contribution in [3.63, 3.8) is 0 Å². The minimum Gasteiger partial charge on any atom is -0.381 e. The highest BCUT2D eigenvalue weighted by molar-refractivity contribution is 5.78. The fraction of sp³-hybridized carbons (Fsp3) is 0.929. The van der Waals surface area contributed by atoms with E-state index in [0.29, 0.717) is 24.5 Å². The molecule has 0 spiro atoms. The highest BCUT2D eigenvalue weighted by Gasteiger charge is 2.26. The second-order valence-corrected chi connectivity index (χ2v) is 5.91. The largest absolute Gasteiger partial charge is 0.381 e. The summed E-state index contributed by atoms with van der Waals surface area (Å²) in [7, 11) is 0. The van der Waals surface area contributed by atoms with Crippen molar-refractivity contribution < 1.29 is 9.53 Å². The number of hydrogen-bond acceptors (Lipinski definition) is 4. The number of rotatable bonds is 4. The summed E-state index contributed by atoms with van der Waals surface area (Å²) in [5, 5.41) is 3.13. The first kappa shape index (κ1) is 14.8. The average Bonchev–Trinajstić information content (AvgIpc) is 2.42. The molecule has 0 aromatic rings. The quantitative estimate of drug-likeness (QED) is 0.772. The number of nitrogens with one attached hydrogen (secondary N) is 1. The lowest BCUT2D eigenvalue weighted by Gasteiger charge is -2.37. The second-order valence-electron chi connectivity index (χ2n) is 5.91. The Bertz CT molecular complexity index is 292. The first-order chi connectivity index (χ1) is 9.19. The summed E-state index contributed by atoms with van der Waals surface area (Å²) in [4.78, 5) is 14.4. The van der Waals surface area contributed by atoms with E-state index in [1.54, 1.807) is 0 Å². The van der Waals surface area contributed by atoms with Gasteiger partial charge in [-0.1, -0.05) is 0 Å². The van der Waals surface area contributed by atoms with Crippen LogP contribution in [0.2, 0.25) is 0 Å². The molecule has 2 rings (SSSR count). The third kappa shape index (κ3) is 4.44. The molecule has 0 saturated carbocycles. The second kappa shape index (κ2) is 7.22. The highest BCUT2D eigenvalue weighted by atomic mass is 16.5. The fourth-order valence-electron chi connectivity index (χ4n) is 2.97. The van der Waals surface area contributed by atoms with Gasteiger partial charge in [0.1, 0.15) is 0 Å². The van der Waals surface area contributed by atoms with E-state index < -0.39 is 0 Å². The standard InChI is InChI=1S/C14H27N3O2/c1-11-2-3-12(8-15)9-17(11)10-14(18)16-13-4-6-19-7-5-13/h11-13H,2-10,15H2,1H3,(H,16,18). The van der Waals surface area contributed by atoms with E-state index in [2.05, 4.69) is 17.1 Å². The molecule has 5 nitrogen and oxygen atoms in total. The van der Waals surface area contributed by atoms with Gasteiger partial charge in [-0.3, -0.25) is 9.69 Å². The van der Waals surface area contributed by atoms with Crippen LogP contribution in [-0.2, 0) is 9.53 Å². The third-order valence-corrected chi connectivity index (χ3v) is 4.38. The molecule has 0 aromatic heterocycles. The summed E-state index contributed by atoms with van der Waals surface area (Å²) in [6, 6.07) is 0.787. The van der Waals surface area contributed by atoms with Crippen LogP contribution in [0.4, 0.5) is 0 Å². The van der Waals surface area contributed by atoms with E-state index in [0.717, 1.165) is 45.6 Å². The molecule has 0 aliphatic carbocycles. The molecular formula is C14H27N3O2. The SMILES string of the molecule is CC1CCC(CN)CN1CC(=O)NC1CCOCC1. The minimum atomic E-state index is 0.149. The summed E-state index contributed by atoms with van der Waals surface area (Å²) in [6.07, 6.45) is 4.21. The van der Waals surface area contributed by atoms with Gasteiger partial charge in [-0.2, -0.15) is 0 Å². The molecule has 2 saturated heterocycles. The van der Waals surface area contributed by atoms with Gasteiger partial charge in [0.25, 0.3) is 0 Å². The van der Waals surface area contributed by atoms with Crippen LogP contribution in [0, 0.1) is 5.92 Å². The Kier molecular flexibility index (Phi) is 5.60. The van der Waals surface area contributed by atoms with Crippen molar-refractivity contribution in [3.05, 3.63) is 0 Å². The summed E-state index contributed by atoms with van der Waals surface area (Å²) >= 11 is 0. The molecule has 19 heavy (non-hydrogen) atoms. The zero-order valence-electron chi connectivity index (χ0n) is 11.9. The smallest absolute Gasteiger partial charge is 0.234 e. The van der Waals surface area contributed by atoms with Gasteiger partial charge in [0.05, 0.1) is 6.54 Å². The van der Waals surface area contributed by atoms with Gasteiger partial charge in [-0.25, -0.2) is 0 Å². The molecule has 2 aliphatic rings. The van der Waals surface area contributed by atoms with Crippen LogP contribution in [0.15, 0.2) is 0 Å². The van der Waals surface area contributed by atoms with E-state index >= 15 is 0 Å². The van der Waals surface area contributed by atoms with Crippen LogP contribution >= 0.6 is 0 Å². The number of amides is 1. The molecule has 3 N–H and O–H groups in total. The van der Waals surface area contributed by atoms with Crippen molar-refractivity contribution in [2.24, 2.45) is 11.7 Å². The maximum atomic E-state index is 12.1. The van der Waals surface area contributed by atoms with E-state index in [4.69, 9.17) is 10.5 Å². The Morgan fingerprint density at radius 3 is 2.74 bits per heavy atom. The van der Waals surface area contributed by atoms with Gasteiger partial charge >= 0.3 is 0 Å². The van der Waals surface area contributed by atoms with Crippen LogP contribution in [0.25, 0.3) is 0 Å². The lowest BCUT2D eigenvalue weighted by Crippen LogP contribution is -2.50. The first-order valence-corrected chi connectivity index (χ1v) is 7.50. The molecule has 110 valence electrons. The zero-order valence-corrected chi connectivity index (χ0v) is 11.9. The number of piperidine rings is 1. The van der Waals surface area contributed by atoms with Crippen LogP contribution in [0.3, 0.4) is 0 Å². The Balaban J connectivity index is 1.76. The minimum absolute atomic E-state index is 0.149. The first-order valence-electron chi connectivity index (χ1n) is 7.50. The summed E-state index contributed by atoms with van der Waals surface area (Å²) < 4.78 is 5.30. The molecule has 2 atom stereocenters. The summed E-state index contributed by atoms with van der Waals surface area (Å²) in [6.45, 7) is 5.92. The molecule has 2 fully saturated rings. The lowest BCUT2D eigenvalue weighted by atomic mass is 9.93. The van der Waals surface area contributed by atoms with Gasteiger partial charge < -0.3 is 15.8 Å². The molecule has 2 unspecified atom stereocenters. The molecule has 1 amide bonds. The number of nitrogens with zero attached hydrogens (tertiary/aromatic N) is 1. The van der Waals surface area contributed by atoms with E-state index in [1.165, 1.54) is 6.42 Å². The summed E-state index contributed by atoms with van der Waals surface area (Å²) in [5.74, 6) is 0.698. The number of likely N-dealkylation sites (tertiary alicyclic amines) is 1. The molecular weight excluding hydrogens is 242 g/mol. The van der Waals surface area contributed by atoms with Crippen LogP contribution in [0.1, 0.15) is 32.6 Å². The predicted octanol–water partition coefficient (Wildman–Crippen LogP) is 0.341. The van der Waals surface area contributed by atoms with Crippen molar-refractivity contribution >= 4 is 5.91 Å². The Morgan fingerprint density at radius 2 is 2.05 bits per heavy atom. The maximum absolute atomic E-state index is 12.1. The molecule has 2 aliphatic heterocycles. The van der Waals surface area contributed by atoms with Gasteiger partial charge in [0.15, 0.2) is 0 Å². The molecule has 0 aromatic carbocycles. The Hall–Kier alpha value is -0.650. The Morgan fingerprint density at radius 1 is 1.32 bits per heavy atom. The average molecular weight is 269 g/mol. The van der Waals surface area contributed by atoms with Crippen LogP contribution < -0.4 is 11.1 Å². The molecule has 0 radical (unpaired) electrons. The van der Waals surface area contributed by atoms with Gasteiger partial charge in [-0.05, 0) is 45.1 Å². The zero-order chi connectivity index (χ0) is 13.7. The molecule has 2 heterocycles. The van der Waals surface area contributed by atoms with Crippen molar-refractivity contribution in [1.29, 1.82) is 0 Å². The van der Waals surface area contributed by atoms with Gasteiger partial charge in [-0.15, -0.1) is 0 Å². The van der Waals surface area contributed by atoms with Gasteiger partial charge in [0, 0.05) is 31.8 Å². The highest BCUT2D eigenvalue weighted by Crippen LogP contribution is 2.20. The van der Waals surface area contributed by atoms with E-state index in [-0.39, 0.29) is 5.91 Å². The van der Waals surface area contributed by atoms with Crippen LogP contribution in [-0.4, -0.2) is 55.7 Å². The molecule has 5 heteroatoms. The van der Waals surface area contributed by atoms with E-state index in [1.807, 2.05) is 0 Å². The monoisotopic (exact) mass is 269 g/mol. The third-order valence-electron chi connectivity index (χ3n) is 4.38. The van der Waals surface area contributed by atoms with Crippen molar-refractivity contribution in [1.82, 2.24) is 10.2 Å². The maximum Gasteiger partial charge on any atom is 0.234 e. The summed E-state index contributed by atoms with van der Waals surface area (Å²) in [5.41, 5.74) is 5.75. The number of nitrogens with two attached hydrogens (primary N) is 1. The fourth-order valence-corrected chi connectivity index (χ4v) is 2.97. The number of carbonyl (C=O) groups excluding carboxylic acids is 1. The van der Waals surface area contributed by atoms with Crippen molar-refractivity contribution in [2.75, 3.05) is 32.8 Å². The lowest BCUT2D eigenvalue weighted by molar-refractivity contribution is -0.124. The van der Waals surface area contributed by atoms with Crippen molar-refractivity contribution in [3.8, 4) is 0 Å². The topological polar surface area (TPSA) is 67.6 Å².